The van der Waals surface area contributed by atoms with Gasteiger partial charge >= 0.3 is 5.97 Å². The maximum Gasteiger partial charge on any atom is 0.303 e. The lowest BCUT2D eigenvalue weighted by atomic mass is 10.0. The average molecular weight is 439 g/mol. The predicted octanol–water partition coefficient (Wildman–Crippen LogP) is 3.95. The number of carbonyl (C=O) groups excluding carboxylic acids is 1. The van der Waals surface area contributed by atoms with Crippen LogP contribution in [0.5, 0.6) is 5.75 Å². The van der Waals surface area contributed by atoms with Crippen LogP contribution in [-0.2, 0) is 35.5 Å². The third-order valence-corrected chi connectivity index (χ3v) is 5.75. The molecule has 172 valence electrons. The molecule has 0 spiro atoms. The highest BCUT2D eigenvalue weighted by Crippen LogP contribution is 2.24. The quantitative estimate of drug-likeness (QED) is 0.714. The minimum Gasteiger partial charge on any atom is -0.493 e. The van der Waals surface area contributed by atoms with E-state index in [0.29, 0.717) is 39.2 Å². The van der Waals surface area contributed by atoms with Crippen molar-refractivity contribution in [1.29, 1.82) is 0 Å². The van der Waals surface area contributed by atoms with Gasteiger partial charge in [-0.3, -0.25) is 14.5 Å². The standard InChI is InChI=1S/C26H34N2O4/c1-2-20-6-8-22(9-7-20)17-28-18-23-16-21(11-13-26(30)31)10-12-24(23)32-15-5-3-4-14-27-25(29)19-28/h6-10,12,16H,2-5,11,13-15,17-19H2,1H3,(H,27,29)(H,30,31). The molecule has 1 aliphatic rings. The molecule has 0 bridgehead atoms. The highest BCUT2D eigenvalue weighted by Gasteiger charge is 2.16. The number of hydrogen-bond acceptors (Lipinski definition) is 4. The lowest BCUT2D eigenvalue weighted by Gasteiger charge is -2.24. The van der Waals surface area contributed by atoms with Crippen molar-refractivity contribution in [3.8, 4) is 5.75 Å². The van der Waals surface area contributed by atoms with Crippen molar-refractivity contribution in [3.05, 3.63) is 64.7 Å². The number of hydrogen-bond donors (Lipinski definition) is 2. The van der Waals surface area contributed by atoms with E-state index in [-0.39, 0.29) is 12.3 Å². The van der Waals surface area contributed by atoms with Gasteiger partial charge in [-0.15, -0.1) is 0 Å². The van der Waals surface area contributed by atoms with Crippen molar-refractivity contribution in [3.63, 3.8) is 0 Å². The van der Waals surface area contributed by atoms with Gasteiger partial charge in [0.2, 0.25) is 5.91 Å². The number of nitrogens with zero attached hydrogens (tertiary/aromatic N) is 1. The Labute approximate surface area is 190 Å². The minimum atomic E-state index is -0.806. The summed E-state index contributed by atoms with van der Waals surface area (Å²) in [5, 5.41) is 12.1. The number of nitrogens with one attached hydrogen (secondary N) is 1. The number of ether oxygens (including phenoxy) is 1. The summed E-state index contributed by atoms with van der Waals surface area (Å²) in [7, 11) is 0. The van der Waals surface area contributed by atoms with E-state index in [1.165, 1.54) is 5.56 Å². The molecule has 3 rings (SSSR count). The second-order valence-electron chi connectivity index (χ2n) is 8.41. The molecule has 32 heavy (non-hydrogen) atoms. The Morgan fingerprint density at radius 3 is 2.53 bits per heavy atom. The Hall–Kier alpha value is -2.86. The number of aryl methyl sites for hydroxylation is 2. The zero-order valence-electron chi connectivity index (χ0n) is 18.9. The van der Waals surface area contributed by atoms with Gasteiger partial charge in [0.05, 0.1) is 13.2 Å². The third-order valence-electron chi connectivity index (χ3n) is 5.75. The van der Waals surface area contributed by atoms with Gasteiger partial charge in [0, 0.05) is 31.6 Å². The van der Waals surface area contributed by atoms with E-state index >= 15 is 0 Å². The van der Waals surface area contributed by atoms with Crippen LogP contribution in [0.4, 0.5) is 0 Å². The van der Waals surface area contributed by atoms with E-state index in [1.54, 1.807) is 0 Å². The monoisotopic (exact) mass is 438 g/mol. The number of aliphatic carboxylic acids is 1. The lowest BCUT2D eigenvalue weighted by Crippen LogP contribution is -2.37. The minimum absolute atomic E-state index is 0.0268. The first-order valence-corrected chi connectivity index (χ1v) is 11.6. The SMILES string of the molecule is CCc1ccc(CN2CC(=O)NCCCCCOc3ccc(CCC(=O)O)cc3C2)cc1. The summed E-state index contributed by atoms with van der Waals surface area (Å²) < 4.78 is 6.09. The molecule has 0 unspecified atom stereocenters. The summed E-state index contributed by atoms with van der Waals surface area (Å²) in [4.78, 5) is 25.7. The molecular formula is C26H34N2O4. The summed E-state index contributed by atoms with van der Waals surface area (Å²) in [5.74, 6) is 0.0353. The second-order valence-corrected chi connectivity index (χ2v) is 8.41. The van der Waals surface area contributed by atoms with Crippen LogP contribution < -0.4 is 10.1 Å². The van der Waals surface area contributed by atoms with Gasteiger partial charge in [-0.1, -0.05) is 43.3 Å². The predicted molar refractivity (Wildman–Crippen MR) is 125 cm³/mol. The van der Waals surface area contributed by atoms with E-state index in [1.807, 2.05) is 18.2 Å². The summed E-state index contributed by atoms with van der Waals surface area (Å²) >= 11 is 0. The molecule has 0 aliphatic carbocycles. The van der Waals surface area contributed by atoms with Crippen LogP contribution in [0.2, 0.25) is 0 Å². The Morgan fingerprint density at radius 1 is 1.03 bits per heavy atom. The Bertz CT molecular complexity index is 895. The molecule has 1 aliphatic heterocycles. The molecule has 0 fully saturated rings. The van der Waals surface area contributed by atoms with Crippen molar-refractivity contribution in [2.75, 3.05) is 19.7 Å². The van der Waals surface area contributed by atoms with Crippen molar-refractivity contribution in [2.24, 2.45) is 0 Å². The third kappa shape index (κ3) is 7.68. The van der Waals surface area contributed by atoms with Gasteiger partial charge in [-0.25, -0.2) is 0 Å². The summed E-state index contributed by atoms with van der Waals surface area (Å²) in [5.41, 5.74) is 4.41. The first-order chi connectivity index (χ1) is 15.5. The molecule has 2 aromatic rings. The van der Waals surface area contributed by atoms with Crippen LogP contribution >= 0.6 is 0 Å². The summed E-state index contributed by atoms with van der Waals surface area (Å²) in [6, 6.07) is 14.4. The average Bonchev–Trinajstić information content (AvgIpc) is 2.79. The highest BCUT2D eigenvalue weighted by molar-refractivity contribution is 5.78. The maximum absolute atomic E-state index is 12.6. The second kappa shape index (κ2) is 12.2. The van der Waals surface area contributed by atoms with Crippen LogP contribution in [0.15, 0.2) is 42.5 Å². The van der Waals surface area contributed by atoms with Crippen LogP contribution in [0.1, 0.15) is 54.9 Å². The van der Waals surface area contributed by atoms with Crippen molar-refractivity contribution in [2.45, 2.75) is 58.5 Å². The van der Waals surface area contributed by atoms with E-state index in [9.17, 15) is 9.59 Å². The van der Waals surface area contributed by atoms with Crippen molar-refractivity contribution in [1.82, 2.24) is 10.2 Å². The number of fused-ring (bicyclic) bond motifs is 1. The zero-order valence-corrected chi connectivity index (χ0v) is 18.9. The molecule has 0 radical (unpaired) electrons. The van der Waals surface area contributed by atoms with Gasteiger partial charge in [-0.05, 0) is 54.9 Å². The number of carboxylic acids is 1. The van der Waals surface area contributed by atoms with Crippen LogP contribution in [0.25, 0.3) is 0 Å². The fourth-order valence-electron chi connectivity index (χ4n) is 3.92. The normalized spacial score (nSPS) is 16.0. The molecule has 0 aromatic heterocycles. The summed E-state index contributed by atoms with van der Waals surface area (Å²) in [6.45, 7) is 4.96. The Balaban J connectivity index is 1.85. The molecule has 6 nitrogen and oxygen atoms in total. The molecule has 2 N–H and O–H groups in total. The van der Waals surface area contributed by atoms with Crippen molar-refractivity contribution >= 4 is 11.9 Å². The molecule has 2 aromatic carbocycles. The van der Waals surface area contributed by atoms with Crippen LogP contribution in [-0.4, -0.2) is 41.6 Å². The molecule has 1 amide bonds. The largest absolute Gasteiger partial charge is 0.493 e. The molecule has 0 saturated carbocycles. The number of rotatable bonds is 6. The van der Waals surface area contributed by atoms with Gasteiger partial charge < -0.3 is 15.2 Å². The Kier molecular flexibility index (Phi) is 9.11. The van der Waals surface area contributed by atoms with Gasteiger partial charge in [-0.2, -0.15) is 0 Å². The zero-order chi connectivity index (χ0) is 22.8. The smallest absolute Gasteiger partial charge is 0.303 e. The number of benzene rings is 2. The van der Waals surface area contributed by atoms with Crippen LogP contribution in [0, 0.1) is 0 Å². The molecule has 0 saturated heterocycles. The fourth-order valence-corrected chi connectivity index (χ4v) is 3.92. The molecular weight excluding hydrogens is 404 g/mol. The van der Waals surface area contributed by atoms with Crippen LogP contribution in [0.3, 0.4) is 0 Å². The number of amides is 1. The lowest BCUT2D eigenvalue weighted by molar-refractivity contribution is -0.137. The van der Waals surface area contributed by atoms with E-state index < -0.39 is 5.97 Å². The summed E-state index contributed by atoms with van der Waals surface area (Å²) in [6.07, 6.45) is 4.44. The number of carbonyl (C=O) groups is 2. The highest BCUT2D eigenvalue weighted by atomic mass is 16.5. The topological polar surface area (TPSA) is 78.9 Å². The van der Waals surface area contributed by atoms with E-state index in [4.69, 9.17) is 9.84 Å². The van der Waals surface area contributed by atoms with E-state index in [2.05, 4.69) is 41.4 Å². The number of carboxylic acid groups (broad SMARTS) is 1. The van der Waals surface area contributed by atoms with Gasteiger partial charge in [0.15, 0.2) is 0 Å². The fraction of sp³-hybridized carbons (Fsp3) is 0.462. The van der Waals surface area contributed by atoms with E-state index in [0.717, 1.165) is 48.1 Å². The van der Waals surface area contributed by atoms with Gasteiger partial charge in [0.25, 0.3) is 0 Å². The van der Waals surface area contributed by atoms with Gasteiger partial charge in [0.1, 0.15) is 5.75 Å². The maximum atomic E-state index is 12.6. The molecule has 1 heterocycles. The first-order valence-electron chi connectivity index (χ1n) is 11.6. The molecule has 0 atom stereocenters. The Morgan fingerprint density at radius 2 is 1.78 bits per heavy atom. The molecule has 6 heteroatoms. The van der Waals surface area contributed by atoms with Crippen molar-refractivity contribution < 1.29 is 19.4 Å². The first kappa shape index (κ1) is 23.8.